The first kappa shape index (κ1) is 10.9. The van der Waals surface area contributed by atoms with Crippen LogP contribution in [-0.2, 0) is 19.4 Å². The lowest BCUT2D eigenvalue weighted by molar-refractivity contribution is -0.0446. The van der Waals surface area contributed by atoms with Gasteiger partial charge in [0.2, 0.25) is 0 Å². The van der Waals surface area contributed by atoms with E-state index < -0.39 is 9.92 Å². The van der Waals surface area contributed by atoms with Crippen LogP contribution in [0.15, 0.2) is 0 Å². The molecule has 1 fully saturated rings. The molecule has 1 aliphatic heterocycles. The molecule has 1 aliphatic rings. The molecule has 3 atom stereocenters. The summed E-state index contributed by atoms with van der Waals surface area (Å²) in [7, 11) is -1.06. The lowest BCUT2D eigenvalue weighted by Crippen LogP contribution is -2.48. The van der Waals surface area contributed by atoms with E-state index in [0.29, 0.717) is 13.2 Å². The molecular weight excluding hydrogens is 192 g/mol. The van der Waals surface area contributed by atoms with Crippen molar-refractivity contribution in [3.63, 3.8) is 0 Å². The molecule has 1 heterocycles. The van der Waals surface area contributed by atoms with Crippen LogP contribution in [0, 0.1) is 4.78 Å². The van der Waals surface area contributed by atoms with Crippen molar-refractivity contribution in [2.24, 2.45) is 0 Å². The molecule has 78 valence electrons. The summed E-state index contributed by atoms with van der Waals surface area (Å²) in [5, 5.41) is 0. The first-order valence-electron chi connectivity index (χ1n) is 4.14. The average Bonchev–Trinajstić information content (AvgIpc) is 2.02. The summed E-state index contributed by atoms with van der Waals surface area (Å²) in [6.07, 6.45) is 2.01. The van der Waals surface area contributed by atoms with Crippen LogP contribution in [-0.4, -0.2) is 42.9 Å². The Kier molecular flexibility index (Phi) is 3.66. The Labute approximate surface area is 78.9 Å². The summed E-state index contributed by atoms with van der Waals surface area (Å²) in [5.74, 6) is 0. The van der Waals surface area contributed by atoms with Crippen LogP contribution >= 0.6 is 0 Å². The Morgan fingerprint density at radius 3 is 2.92 bits per heavy atom. The zero-order chi connectivity index (χ0) is 9.90. The molecule has 2 N–H and O–H groups in total. The molecule has 6 heteroatoms. The highest BCUT2D eigenvalue weighted by Crippen LogP contribution is 2.11. The Hall–Kier alpha value is -0.170. The lowest BCUT2D eigenvalue weighted by atomic mass is 10.1. The fraction of sp³-hybridized carbons (Fsp3) is 1.00. The molecule has 13 heavy (non-hydrogen) atoms. The van der Waals surface area contributed by atoms with Crippen LogP contribution in [0.3, 0.4) is 0 Å². The molecule has 0 bridgehead atoms. The van der Waals surface area contributed by atoms with Crippen molar-refractivity contribution in [2.45, 2.75) is 18.6 Å². The van der Waals surface area contributed by atoms with Gasteiger partial charge in [-0.3, -0.25) is 0 Å². The second-order valence-corrected chi connectivity index (χ2v) is 5.13. The van der Waals surface area contributed by atoms with Crippen molar-refractivity contribution in [1.29, 1.82) is 4.78 Å². The monoisotopic (exact) mass is 208 g/mol. The van der Waals surface area contributed by atoms with Crippen molar-refractivity contribution in [1.82, 2.24) is 4.72 Å². The van der Waals surface area contributed by atoms with Crippen molar-refractivity contribution in [3.8, 4) is 0 Å². The van der Waals surface area contributed by atoms with Gasteiger partial charge in [-0.1, -0.05) is 0 Å². The molecule has 0 aliphatic carbocycles. The van der Waals surface area contributed by atoms with Gasteiger partial charge in [-0.2, -0.15) is 0 Å². The van der Waals surface area contributed by atoms with E-state index >= 15 is 0 Å². The SMILES string of the molecule is COC1COCCC1NS(C)(=N)=O. The van der Waals surface area contributed by atoms with Crippen LogP contribution in [0.2, 0.25) is 0 Å². The summed E-state index contributed by atoms with van der Waals surface area (Å²) in [5.41, 5.74) is 0. The first-order chi connectivity index (χ1) is 6.03. The Balaban J connectivity index is 2.55. The normalized spacial score (nSPS) is 34.0. The van der Waals surface area contributed by atoms with Crippen LogP contribution < -0.4 is 4.72 Å². The quantitative estimate of drug-likeness (QED) is 0.684. The minimum absolute atomic E-state index is 0.0336. The number of rotatable bonds is 3. The summed E-state index contributed by atoms with van der Waals surface area (Å²) < 4.78 is 31.5. The maximum absolute atomic E-state index is 11.2. The maximum Gasteiger partial charge on any atom is 0.102 e. The van der Waals surface area contributed by atoms with Crippen molar-refractivity contribution >= 4 is 9.92 Å². The number of hydrogen-bond donors (Lipinski definition) is 2. The second kappa shape index (κ2) is 4.36. The van der Waals surface area contributed by atoms with E-state index in [2.05, 4.69) is 4.72 Å². The van der Waals surface area contributed by atoms with E-state index in [4.69, 9.17) is 14.3 Å². The highest BCUT2D eigenvalue weighted by Gasteiger charge is 2.26. The summed E-state index contributed by atoms with van der Waals surface area (Å²) in [4.78, 5) is 0. The maximum atomic E-state index is 11.2. The molecule has 0 amide bonds. The average molecular weight is 208 g/mol. The van der Waals surface area contributed by atoms with Gasteiger partial charge in [-0.05, 0) is 6.42 Å². The molecule has 0 aromatic heterocycles. The predicted molar refractivity (Wildman–Crippen MR) is 49.9 cm³/mol. The Morgan fingerprint density at radius 2 is 2.38 bits per heavy atom. The zero-order valence-corrected chi connectivity index (χ0v) is 8.73. The zero-order valence-electron chi connectivity index (χ0n) is 7.91. The van der Waals surface area contributed by atoms with E-state index in [0.717, 1.165) is 6.42 Å². The smallest absolute Gasteiger partial charge is 0.102 e. The van der Waals surface area contributed by atoms with Gasteiger partial charge in [0.1, 0.15) is 9.92 Å². The molecule has 3 unspecified atom stereocenters. The predicted octanol–water partition coefficient (Wildman–Crippen LogP) is -0.0285. The fourth-order valence-corrected chi connectivity index (χ4v) is 2.22. The summed E-state index contributed by atoms with van der Waals surface area (Å²) in [6, 6.07) is -0.0336. The van der Waals surface area contributed by atoms with Crippen molar-refractivity contribution in [3.05, 3.63) is 0 Å². The van der Waals surface area contributed by atoms with E-state index in [1.165, 1.54) is 6.26 Å². The number of ether oxygens (including phenoxy) is 2. The number of methoxy groups -OCH3 is 1. The van der Waals surface area contributed by atoms with Gasteiger partial charge in [0.15, 0.2) is 0 Å². The molecule has 1 rings (SSSR count). The van der Waals surface area contributed by atoms with Crippen LogP contribution in [0.4, 0.5) is 0 Å². The van der Waals surface area contributed by atoms with Gasteiger partial charge < -0.3 is 9.47 Å². The molecule has 0 saturated carbocycles. The van der Waals surface area contributed by atoms with Crippen LogP contribution in [0.1, 0.15) is 6.42 Å². The highest BCUT2D eigenvalue weighted by atomic mass is 32.2. The van der Waals surface area contributed by atoms with E-state index in [-0.39, 0.29) is 12.1 Å². The molecule has 0 aromatic rings. The van der Waals surface area contributed by atoms with Gasteiger partial charge >= 0.3 is 0 Å². The van der Waals surface area contributed by atoms with Gasteiger partial charge in [-0.25, -0.2) is 13.7 Å². The van der Waals surface area contributed by atoms with Gasteiger partial charge in [0.25, 0.3) is 0 Å². The third-order valence-corrected chi connectivity index (χ3v) is 2.74. The van der Waals surface area contributed by atoms with Crippen molar-refractivity contribution < 1.29 is 13.7 Å². The molecule has 5 nitrogen and oxygen atoms in total. The minimum atomic E-state index is -2.65. The molecule has 0 radical (unpaired) electrons. The van der Waals surface area contributed by atoms with E-state index in [1.807, 2.05) is 0 Å². The number of nitrogens with one attached hydrogen (secondary N) is 2. The molecule has 1 saturated heterocycles. The molecule has 0 spiro atoms. The number of hydrogen-bond acceptors (Lipinski definition) is 4. The Morgan fingerprint density at radius 1 is 1.69 bits per heavy atom. The largest absolute Gasteiger partial charge is 0.379 e. The first-order valence-corrected chi connectivity index (χ1v) is 6.11. The highest BCUT2D eigenvalue weighted by molar-refractivity contribution is 7.89. The van der Waals surface area contributed by atoms with Gasteiger partial charge in [0, 0.05) is 20.0 Å². The van der Waals surface area contributed by atoms with Crippen LogP contribution in [0.25, 0.3) is 0 Å². The second-order valence-electron chi connectivity index (χ2n) is 3.21. The lowest BCUT2D eigenvalue weighted by Gasteiger charge is -2.30. The molecular formula is C7H16N2O3S. The van der Waals surface area contributed by atoms with Gasteiger partial charge in [0.05, 0.1) is 18.8 Å². The van der Waals surface area contributed by atoms with Crippen LogP contribution in [0.5, 0.6) is 0 Å². The van der Waals surface area contributed by atoms with Crippen molar-refractivity contribution in [2.75, 3.05) is 26.6 Å². The summed E-state index contributed by atoms with van der Waals surface area (Å²) >= 11 is 0. The van der Waals surface area contributed by atoms with Gasteiger partial charge in [-0.15, -0.1) is 0 Å². The third kappa shape index (κ3) is 3.60. The van der Waals surface area contributed by atoms with E-state index in [1.54, 1.807) is 7.11 Å². The summed E-state index contributed by atoms with van der Waals surface area (Å²) in [6.45, 7) is 1.14. The third-order valence-electron chi connectivity index (χ3n) is 1.98. The minimum Gasteiger partial charge on any atom is -0.379 e. The Bertz CT molecular complexity index is 252. The molecule has 0 aromatic carbocycles. The fourth-order valence-electron chi connectivity index (χ4n) is 1.37. The van der Waals surface area contributed by atoms with E-state index in [9.17, 15) is 4.21 Å². The standard InChI is InChI=1S/C7H16N2O3S/c1-11-7-5-12-4-3-6(7)9-13(2,8)10/h6-7H,3-5H2,1-2H3,(H2,8,9,10). The topological polar surface area (TPSA) is 71.4 Å².